The summed E-state index contributed by atoms with van der Waals surface area (Å²) in [6.45, 7) is 1.92. The molecule has 3 N–H and O–H groups in total. The lowest BCUT2D eigenvalue weighted by Crippen LogP contribution is -2.44. The highest BCUT2D eigenvalue weighted by Crippen LogP contribution is 2.12. The summed E-state index contributed by atoms with van der Waals surface area (Å²) < 4.78 is 10.0. The van der Waals surface area contributed by atoms with E-state index in [1.54, 1.807) is 6.92 Å². The Morgan fingerprint density at radius 3 is 2.74 bits per heavy atom. The first kappa shape index (κ1) is 19.1. The molecule has 1 aromatic heterocycles. The third-order valence-electron chi connectivity index (χ3n) is 3.10. The van der Waals surface area contributed by atoms with Crippen LogP contribution in [0.25, 0.3) is 0 Å². The van der Waals surface area contributed by atoms with Gasteiger partial charge in [0.25, 0.3) is 0 Å². The molecule has 1 aromatic carbocycles. The van der Waals surface area contributed by atoms with E-state index in [0.29, 0.717) is 18.1 Å². The van der Waals surface area contributed by atoms with Gasteiger partial charge in [0.1, 0.15) is 12.1 Å². The van der Waals surface area contributed by atoms with E-state index < -0.39 is 12.1 Å². The highest BCUT2D eigenvalue weighted by atomic mass is 35.5. The van der Waals surface area contributed by atoms with Crippen LogP contribution >= 0.6 is 12.4 Å². The van der Waals surface area contributed by atoms with Crippen LogP contribution in [-0.4, -0.2) is 35.8 Å². The zero-order valence-electron chi connectivity index (χ0n) is 13.1. The highest BCUT2D eigenvalue weighted by Gasteiger charge is 2.20. The van der Waals surface area contributed by atoms with Crippen molar-refractivity contribution in [3.8, 4) is 0 Å². The van der Waals surface area contributed by atoms with E-state index in [0.717, 1.165) is 5.56 Å². The fourth-order valence-electron chi connectivity index (χ4n) is 1.93. The number of aromatic nitrogens is 2. The van der Waals surface area contributed by atoms with Gasteiger partial charge in [-0.3, -0.25) is 4.79 Å². The first-order valence-electron chi connectivity index (χ1n) is 7.01. The summed E-state index contributed by atoms with van der Waals surface area (Å²) in [5.41, 5.74) is 6.75. The topological polar surface area (TPSA) is 103 Å². The highest BCUT2D eigenvalue weighted by molar-refractivity contribution is 5.85. The molecule has 2 atom stereocenters. The van der Waals surface area contributed by atoms with Gasteiger partial charge in [0.15, 0.2) is 5.82 Å². The van der Waals surface area contributed by atoms with Crippen molar-refractivity contribution in [2.45, 2.75) is 25.4 Å². The lowest BCUT2D eigenvalue weighted by atomic mass is 10.1. The van der Waals surface area contributed by atoms with E-state index >= 15 is 0 Å². The number of nitrogens with one attached hydrogen (secondary N) is 1. The minimum Gasteiger partial charge on any atom is -0.383 e. The lowest BCUT2D eigenvalue weighted by molar-refractivity contribution is -0.124. The molecule has 0 spiro atoms. The molecule has 2 rings (SSSR count). The average Bonchev–Trinajstić information content (AvgIpc) is 2.97. The summed E-state index contributed by atoms with van der Waals surface area (Å²) in [7, 11) is 1.49. The molecule has 0 aliphatic heterocycles. The van der Waals surface area contributed by atoms with E-state index in [2.05, 4.69) is 15.5 Å². The second-order valence-electron chi connectivity index (χ2n) is 5.00. The van der Waals surface area contributed by atoms with Crippen LogP contribution in [0.1, 0.15) is 30.2 Å². The predicted molar refractivity (Wildman–Crippen MR) is 87.2 cm³/mol. The number of ether oxygens (including phenoxy) is 1. The van der Waals surface area contributed by atoms with Gasteiger partial charge in [0, 0.05) is 13.5 Å². The number of nitrogens with two attached hydrogens (primary N) is 1. The number of rotatable bonds is 7. The van der Waals surface area contributed by atoms with Gasteiger partial charge in [-0.2, -0.15) is 4.98 Å². The number of halogens is 1. The molecule has 1 heterocycles. The molecule has 0 radical (unpaired) electrons. The SMILES string of the molecule is COCC(N)C(=O)NC(C)c1nc(Cc2ccccc2)no1.Cl. The van der Waals surface area contributed by atoms with Gasteiger partial charge in [0.05, 0.1) is 6.61 Å². The van der Waals surface area contributed by atoms with Gasteiger partial charge >= 0.3 is 0 Å². The van der Waals surface area contributed by atoms with Crippen molar-refractivity contribution >= 4 is 18.3 Å². The summed E-state index contributed by atoms with van der Waals surface area (Å²) in [4.78, 5) is 16.1. The van der Waals surface area contributed by atoms with Crippen molar-refractivity contribution in [3.63, 3.8) is 0 Å². The molecule has 0 aliphatic rings. The molecular formula is C15H21ClN4O3. The van der Waals surface area contributed by atoms with E-state index in [4.69, 9.17) is 15.0 Å². The quantitative estimate of drug-likeness (QED) is 0.785. The molecule has 1 amide bonds. The third-order valence-corrected chi connectivity index (χ3v) is 3.10. The van der Waals surface area contributed by atoms with Crippen molar-refractivity contribution < 1.29 is 14.1 Å². The second kappa shape index (κ2) is 9.24. The van der Waals surface area contributed by atoms with Crippen LogP contribution in [0.3, 0.4) is 0 Å². The molecule has 0 bridgehead atoms. The van der Waals surface area contributed by atoms with Crippen molar-refractivity contribution in [2.75, 3.05) is 13.7 Å². The monoisotopic (exact) mass is 340 g/mol. The lowest BCUT2D eigenvalue weighted by Gasteiger charge is -2.14. The average molecular weight is 341 g/mol. The van der Waals surface area contributed by atoms with Crippen LogP contribution in [0.15, 0.2) is 34.9 Å². The zero-order chi connectivity index (χ0) is 15.9. The molecule has 2 unspecified atom stereocenters. The van der Waals surface area contributed by atoms with Crippen LogP contribution < -0.4 is 11.1 Å². The van der Waals surface area contributed by atoms with E-state index in [1.807, 2.05) is 30.3 Å². The maximum Gasteiger partial charge on any atom is 0.248 e. The van der Waals surface area contributed by atoms with E-state index in [9.17, 15) is 4.79 Å². The Morgan fingerprint density at radius 2 is 2.09 bits per heavy atom. The van der Waals surface area contributed by atoms with Gasteiger partial charge in [-0.1, -0.05) is 35.5 Å². The summed E-state index contributed by atoms with van der Waals surface area (Å²) >= 11 is 0. The van der Waals surface area contributed by atoms with Crippen molar-refractivity contribution in [2.24, 2.45) is 5.73 Å². The summed E-state index contributed by atoms with van der Waals surface area (Å²) in [5, 5.41) is 6.65. The number of hydrogen-bond acceptors (Lipinski definition) is 6. The fourth-order valence-corrected chi connectivity index (χ4v) is 1.93. The van der Waals surface area contributed by atoms with Crippen molar-refractivity contribution in [3.05, 3.63) is 47.6 Å². The van der Waals surface area contributed by atoms with E-state index in [1.165, 1.54) is 7.11 Å². The number of carbonyl (C=O) groups is 1. The van der Waals surface area contributed by atoms with Crippen LogP contribution in [0, 0.1) is 0 Å². The summed E-state index contributed by atoms with van der Waals surface area (Å²) in [5.74, 6) is 0.601. The maximum absolute atomic E-state index is 11.8. The summed E-state index contributed by atoms with van der Waals surface area (Å²) in [6.07, 6.45) is 0.578. The van der Waals surface area contributed by atoms with Gasteiger partial charge in [-0.15, -0.1) is 12.4 Å². The van der Waals surface area contributed by atoms with Crippen LogP contribution in [0.5, 0.6) is 0 Å². The van der Waals surface area contributed by atoms with Crippen LogP contribution in [-0.2, 0) is 16.0 Å². The number of nitrogens with zero attached hydrogens (tertiary/aromatic N) is 2. The third kappa shape index (κ3) is 5.63. The zero-order valence-corrected chi connectivity index (χ0v) is 13.9. The molecule has 0 fully saturated rings. The molecule has 126 valence electrons. The Morgan fingerprint density at radius 1 is 1.39 bits per heavy atom. The van der Waals surface area contributed by atoms with Crippen molar-refractivity contribution in [1.82, 2.24) is 15.5 Å². The fraction of sp³-hybridized carbons (Fsp3) is 0.400. The van der Waals surface area contributed by atoms with Crippen molar-refractivity contribution in [1.29, 1.82) is 0 Å². The predicted octanol–water partition coefficient (Wildman–Crippen LogP) is 1.23. The first-order valence-corrected chi connectivity index (χ1v) is 7.01. The first-order chi connectivity index (χ1) is 10.6. The Hall–Kier alpha value is -1.96. The largest absolute Gasteiger partial charge is 0.383 e. The Labute approximate surface area is 141 Å². The standard InChI is InChI=1S/C15H20N4O3.ClH/c1-10(17-14(20)12(16)9-21-2)15-18-13(19-22-15)8-11-6-4-3-5-7-11;/h3-7,10,12H,8-9,16H2,1-2H3,(H,17,20);1H. The van der Waals surface area contributed by atoms with Crippen LogP contribution in [0.2, 0.25) is 0 Å². The minimum absolute atomic E-state index is 0. The molecular weight excluding hydrogens is 320 g/mol. The van der Waals surface area contributed by atoms with E-state index in [-0.39, 0.29) is 24.9 Å². The molecule has 0 saturated carbocycles. The Bertz CT molecular complexity index is 606. The van der Waals surface area contributed by atoms with Gasteiger partial charge in [-0.25, -0.2) is 0 Å². The molecule has 8 heteroatoms. The van der Waals surface area contributed by atoms with Crippen LogP contribution in [0.4, 0.5) is 0 Å². The number of methoxy groups -OCH3 is 1. The maximum atomic E-state index is 11.8. The molecule has 7 nitrogen and oxygen atoms in total. The van der Waals surface area contributed by atoms with Gasteiger partial charge in [0.2, 0.25) is 11.8 Å². The molecule has 23 heavy (non-hydrogen) atoms. The smallest absolute Gasteiger partial charge is 0.248 e. The van der Waals surface area contributed by atoms with Gasteiger partial charge < -0.3 is 20.3 Å². The van der Waals surface area contributed by atoms with Gasteiger partial charge in [-0.05, 0) is 12.5 Å². The molecule has 2 aromatic rings. The number of carbonyl (C=O) groups excluding carboxylic acids is 1. The number of amides is 1. The Balaban J connectivity index is 0.00000264. The second-order valence-corrected chi connectivity index (χ2v) is 5.00. The molecule has 0 saturated heterocycles. The molecule has 0 aliphatic carbocycles. The number of benzene rings is 1. The summed E-state index contributed by atoms with van der Waals surface area (Å²) in [6, 6.07) is 8.71. The normalized spacial score (nSPS) is 13.0. The Kier molecular flexibility index (Phi) is 7.67. The number of hydrogen-bond donors (Lipinski definition) is 2. The minimum atomic E-state index is -0.723.